The van der Waals surface area contributed by atoms with Gasteiger partial charge in [0.15, 0.2) is 5.41 Å². The van der Waals surface area contributed by atoms with Crippen LogP contribution in [-0.4, -0.2) is 46.1 Å². The van der Waals surface area contributed by atoms with Gasteiger partial charge in [-0.2, -0.15) is 13.2 Å². The first-order valence-electron chi connectivity index (χ1n) is 8.22. The molecule has 0 aromatic carbocycles. The first-order chi connectivity index (χ1) is 11.7. The Kier molecular flexibility index (Phi) is 4.55. The lowest BCUT2D eigenvalue weighted by Gasteiger charge is -2.27. The zero-order chi connectivity index (χ0) is 18.4. The van der Waals surface area contributed by atoms with Gasteiger partial charge in [-0.15, -0.1) is 11.3 Å². The summed E-state index contributed by atoms with van der Waals surface area (Å²) in [6, 6.07) is 0. The van der Waals surface area contributed by atoms with E-state index in [0.717, 1.165) is 35.6 Å². The van der Waals surface area contributed by atoms with Crippen LogP contribution in [0.25, 0.3) is 0 Å². The number of halogens is 3. The van der Waals surface area contributed by atoms with Gasteiger partial charge in [-0.25, -0.2) is 4.98 Å². The summed E-state index contributed by atoms with van der Waals surface area (Å²) >= 11 is 1.24. The predicted octanol–water partition coefficient (Wildman–Crippen LogP) is 3.59. The van der Waals surface area contributed by atoms with Crippen LogP contribution in [-0.2, 0) is 4.79 Å². The Hall–Kier alpha value is -1.64. The smallest absolute Gasteiger partial charge is 0.406 e. The molecule has 1 N–H and O–H groups in total. The van der Waals surface area contributed by atoms with Gasteiger partial charge in [0.1, 0.15) is 4.88 Å². The van der Waals surface area contributed by atoms with Crippen LogP contribution in [0.15, 0.2) is 0 Å². The third-order valence-electron chi connectivity index (χ3n) is 5.22. The molecule has 25 heavy (non-hydrogen) atoms. The number of carboxylic acids is 1. The van der Waals surface area contributed by atoms with Crippen LogP contribution >= 0.6 is 11.3 Å². The lowest BCUT2D eigenvalue weighted by molar-refractivity contribution is -0.227. The molecule has 2 heterocycles. The second-order valence-corrected chi connectivity index (χ2v) is 7.84. The maximum Gasteiger partial charge on any atom is 0.406 e. The number of nitrogens with zero attached hydrogens (tertiary/aromatic N) is 2. The van der Waals surface area contributed by atoms with Crippen molar-refractivity contribution in [3.63, 3.8) is 0 Å². The van der Waals surface area contributed by atoms with Crippen LogP contribution in [0.4, 0.5) is 13.2 Å². The van der Waals surface area contributed by atoms with Crippen molar-refractivity contribution in [2.45, 2.75) is 51.1 Å². The minimum Gasteiger partial charge on any atom is -0.481 e. The van der Waals surface area contributed by atoms with Crippen LogP contribution in [0.2, 0.25) is 0 Å². The van der Waals surface area contributed by atoms with E-state index in [9.17, 15) is 22.8 Å². The summed E-state index contributed by atoms with van der Waals surface area (Å²) in [7, 11) is 0. The van der Waals surface area contributed by atoms with Crippen molar-refractivity contribution in [2.75, 3.05) is 13.1 Å². The van der Waals surface area contributed by atoms with E-state index in [4.69, 9.17) is 5.11 Å². The van der Waals surface area contributed by atoms with E-state index >= 15 is 0 Å². The number of aryl methyl sites for hydroxylation is 1. The summed E-state index contributed by atoms with van der Waals surface area (Å²) in [6.07, 6.45) is -1.26. The molecule has 1 aromatic rings. The average Bonchev–Trinajstić information content (AvgIpc) is 3.25. The first kappa shape index (κ1) is 18.2. The number of thiazole rings is 1. The molecule has 5 nitrogen and oxygen atoms in total. The monoisotopic (exact) mass is 376 g/mol. The number of hydrogen-bond donors (Lipinski definition) is 1. The lowest BCUT2D eigenvalue weighted by atomic mass is 9.86. The van der Waals surface area contributed by atoms with Gasteiger partial charge >= 0.3 is 12.1 Å². The fourth-order valence-electron chi connectivity index (χ4n) is 3.62. The third-order valence-corrected chi connectivity index (χ3v) is 6.53. The molecule has 9 heteroatoms. The molecule has 0 bridgehead atoms. The molecule has 138 valence electrons. The highest BCUT2D eigenvalue weighted by Gasteiger charge is 2.64. The number of hydrogen-bond acceptors (Lipinski definition) is 4. The van der Waals surface area contributed by atoms with Crippen LogP contribution in [0.1, 0.15) is 58.4 Å². The molecule has 1 amide bonds. The summed E-state index contributed by atoms with van der Waals surface area (Å²) < 4.78 is 39.8. The topological polar surface area (TPSA) is 70.5 Å². The summed E-state index contributed by atoms with van der Waals surface area (Å²) in [5.41, 5.74) is -2.37. The van der Waals surface area contributed by atoms with Gasteiger partial charge in [-0.3, -0.25) is 9.59 Å². The summed E-state index contributed by atoms with van der Waals surface area (Å²) in [4.78, 5) is 29.7. The molecule has 1 saturated heterocycles. The van der Waals surface area contributed by atoms with E-state index in [0.29, 0.717) is 16.5 Å². The molecule has 3 rings (SSSR count). The Balaban J connectivity index is 1.82. The number of likely N-dealkylation sites (tertiary alicyclic amines) is 1. The van der Waals surface area contributed by atoms with Gasteiger partial charge in [0.2, 0.25) is 0 Å². The quantitative estimate of drug-likeness (QED) is 0.875. The highest BCUT2D eigenvalue weighted by Crippen LogP contribution is 2.46. The van der Waals surface area contributed by atoms with Crippen LogP contribution in [0, 0.1) is 12.3 Å². The third kappa shape index (κ3) is 3.02. The van der Waals surface area contributed by atoms with Gasteiger partial charge in [0, 0.05) is 19.0 Å². The molecule has 2 aliphatic rings. The van der Waals surface area contributed by atoms with Crippen LogP contribution < -0.4 is 0 Å². The molecular weight excluding hydrogens is 357 g/mol. The summed E-state index contributed by atoms with van der Waals surface area (Å²) in [6.45, 7) is 0.605. The normalized spacial score (nSPS) is 24.9. The van der Waals surface area contributed by atoms with Crippen molar-refractivity contribution >= 4 is 23.2 Å². The van der Waals surface area contributed by atoms with Crippen molar-refractivity contribution in [1.82, 2.24) is 9.88 Å². The van der Waals surface area contributed by atoms with Crippen molar-refractivity contribution in [3.05, 3.63) is 15.6 Å². The minimum absolute atomic E-state index is 0.221. The Morgan fingerprint density at radius 2 is 1.96 bits per heavy atom. The summed E-state index contributed by atoms with van der Waals surface area (Å²) in [5, 5.41) is 9.96. The maximum atomic E-state index is 13.3. The molecule has 1 aliphatic heterocycles. The molecule has 0 radical (unpaired) electrons. The van der Waals surface area contributed by atoms with Crippen LogP contribution in [0.5, 0.6) is 0 Å². The molecule has 1 aliphatic carbocycles. The van der Waals surface area contributed by atoms with Gasteiger partial charge in [0.05, 0.1) is 10.7 Å². The number of rotatable bonds is 3. The molecule has 1 saturated carbocycles. The lowest BCUT2D eigenvalue weighted by Crippen LogP contribution is -2.47. The average molecular weight is 376 g/mol. The van der Waals surface area contributed by atoms with Gasteiger partial charge in [0.25, 0.3) is 5.91 Å². The van der Waals surface area contributed by atoms with Gasteiger partial charge in [-0.1, -0.05) is 12.8 Å². The fraction of sp³-hybridized carbons (Fsp3) is 0.688. The number of aromatic nitrogens is 1. The molecule has 1 atom stereocenters. The Morgan fingerprint density at radius 3 is 2.48 bits per heavy atom. The zero-order valence-electron chi connectivity index (χ0n) is 13.7. The zero-order valence-corrected chi connectivity index (χ0v) is 14.5. The van der Waals surface area contributed by atoms with Crippen molar-refractivity contribution < 1.29 is 27.9 Å². The minimum atomic E-state index is -4.90. The van der Waals surface area contributed by atoms with E-state index in [-0.39, 0.29) is 6.54 Å². The standard InChI is InChI=1S/C16H19F3N2O3S/c1-9-11(25-12(20-9)10-4-2-3-5-10)13(22)21-7-6-15(8-21,14(23)24)16(17,18)19/h10H,2-8H2,1H3,(H,23,24). The molecule has 1 unspecified atom stereocenters. The van der Waals surface area contributed by atoms with E-state index < -0.39 is 36.4 Å². The second kappa shape index (κ2) is 6.26. The first-order valence-corrected chi connectivity index (χ1v) is 9.04. The van der Waals surface area contributed by atoms with Crippen molar-refractivity contribution in [3.8, 4) is 0 Å². The number of carboxylic acid groups (broad SMARTS) is 1. The van der Waals surface area contributed by atoms with Crippen LogP contribution in [0.3, 0.4) is 0 Å². The SMILES string of the molecule is Cc1nc(C2CCCC2)sc1C(=O)N1CCC(C(=O)O)(C(F)(F)F)C1. The predicted molar refractivity (Wildman–Crippen MR) is 84.7 cm³/mol. The van der Waals surface area contributed by atoms with E-state index in [1.807, 2.05) is 0 Å². The number of carbonyl (C=O) groups is 2. The van der Waals surface area contributed by atoms with Gasteiger partial charge in [-0.05, 0) is 26.2 Å². The Labute approximate surface area is 146 Å². The second-order valence-electron chi connectivity index (χ2n) is 6.81. The van der Waals surface area contributed by atoms with Crippen molar-refractivity contribution in [2.24, 2.45) is 5.41 Å². The number of alkyl halides is 3. The Morgan fingerprint density at radius 1 is 1.32 bits per heavy atom. The van der Waals surface area contributed by atoms with Crippen molar-refractivity contribution in [1.29, 1.82) is 0 Å². The maximum absolute atomic E-state index is 13.3. The van der Waals surface area contributed by atoms with E-state index in [2.05, 4.69) is 4.98 Å². The molecule has 0 spiro atoms. The molecule has 1 aromatic heterocycles. The number of aliphatic carboxylic acids is 1. The molecular formula is C16H19F3N2O3S. The Bertz CT molecular complexity index is 697. The van der Waals surface area contributed by atoms with E-state index in [1.165, 1.54) is 11.3 Å². The largest absolute Gasteiger partial charge is 0.481 e. The highest BCUT2D eigenvalue weighted by atomic mass is 32.1. The van der Waals surface area contributed by atoms with E-state index in [1.54, 1.807) is 6.92 Å². The van der Waals surface area contributed by atoms with Gasteiger partial charge < -0.3 is 10.0 Å². The number of amides is 1. The summed E-state index contributed by atoms with van der Waals surface area (Å²) in [5.74, 6) is -2.16. The fourth-order valence-corrected chi connectivity index (χ4v) is 4.82. The molecule has 2 fully saturated rings. The number of carbonyl (C=O) groups excluding carboxylic acids is 1. The highest BCUT2D eigenvalue weighted by molar-refractivity contribution is 7.13.